The maximum Gasteiger partial charge on any atom is 0.164 e. The van der Waals surface area contributed by atoms with Gasteiger partial charge in [0, 0.05) is 22.9 Å². The minimum atomic E-state index is 0.575. The van der Waals surface area contributed by atoms with Gasteiger partial charge in [0.1, 0.15) is 11.1 Å². The summed E-state index contributed by atoms with van der Waals surface area (Å²) in [5.41, 5.74) is 4.98. The fourth-order valence-electron chi connectivity index (χ4n) is 6.06. The van der Waals surface area contributed by atoms with Crippen LogP contribution in [0, 0.1) is 0 Å². The molecule has 5 nitrogen and oxygen atoms in total. The van der Waals surface area contributed by atoms with E-state index in [1.165, 1.54) is 21.5 Å². The molecule has 0 bridgehead atoms. The molecule has 6 aromatic carbocycles. The molecule has 0 spiro atoms. The van der Waals surface area contributed by atoms with Gasteiger partial charge in [0.15, 0.2) is 23.1 Å². The third-order valence-corrected chi connectivity index (χ3v) is 8.14. The maximum atomic E-state index is 6.14. The number of fused-ring (bicyclic) bond motifs is 7. The molecular formula is C38H22N4O. The van der Waals surface area contributed by atoms with E-state index in [1.807, 2.05) is 42.5 Å². The molecule has 5 heteroatoms. The number of benzene rings is 6. The zero-order chi connectivity index (χ0) is 28.3. The summed E-state index contributed by atoms with van der Waals surface area (Å²) in [6.07, 6.45) is 1.78. The molecular weight excluding hydrogens is 528 g/mol. The van der Waals surface area contributed by atoms with E-state index in [4.69, 9.17) is 19.4 Å². The van der Waals surface area contributed by atoms with E-state index in [0.717, 1.165) is 49.5 Å². The number of rotatable bonds is 3. The molecule has 0 saturated carbocycles. The van der Waals surface area contributed by atoms with Gasteiger partial charge in [0.05, 0.1) is 5.39 Å². The smallest absolute Gasteiger partial charge is 0.164 e. The van der Waals surface area contributed by atoms with Gasteiger partial charge in [0.2, 0.25) is 0 Å². The molecule has 0 unspecified atom stereocenters. The fraction of sp³-hybridized carbons (Fsp3) is 0. The average molecular weight is 551 g/mol. The molecule has 0 aliphatic rings. The topological polar surface area (TPSA) is 64.7 Å². The first-order valence-electron chi connectivity index (χ1n) is 14.2. The number of hydrogen-bond donors (Lipinski definition) is 0. The summed E-state index contributed by atoms with van der Waals surface area (Å²) in [4.78, 5) is 19.8. The van der Waals surface area contributed by atoms with Gasteiger partial charge < -0.3 is 4.42 Å². The first-order valence-corrected chi connectivity index (χ1v) is 14.2. The molecule has 0 fully saturated rings. The zero-order valence-electron chi connectivity index (χ0n) is 22.9. The predicted octanol–water partition coefficient (Wildman–Crippen LogP) is 9.63. The molecule has 3 heterocycles. The Morgan fingerprint density at radius 2 is 1.09 bits per heavy atom. The Bertz CT molecular complexity index is 2530. The van der Waals surface area contributed by atoms with Crippen molar-refractivity contribution in [3.05, 3.63) is 134 Å². The van der Waals surface area contributed by atoms with Gasteiger partial charge in [-0.3, -0.25) is 4.98 Å². The Kier molecular flexibility index (Phi) is 5.13. The third-order valence-electron chi connectivity index (χ3n) is 8.14. The van der Waals surface area contributed by atoms with E-state index in [0.29, 0.717) is 17.5 Å². The molecule has 200 valence electrons. The summed E-state index contributed by atoms with van der Waals surface area (Å²) < 4.78 is 6.14. The van der Waals surface area contributed by atoms with Crippen LogP contribution in [0.25, 0.3) is 88.5 Å². The van der Waals surface area contributed by atoms with Crippen LogP contribution >= 0.6 is 0 Å². The van der Waals surface area contributed by atoms with Crippen molar-refractivity contribution in [3.63, 3.8) is 0 Å². The highest BCUT2D eigenvalue weighted by atomic mass is 16.3. The number of aromatic nitrogens is 4. The monoisotopic (exact) mass is 550 g/mol. The van der Waals surface area contributed by atoms with Crippen LogP contribution < -0.4 is 0 Å². The van der Waals surface area contributed by atoms with Gasteiger partial charge >= 0.3 is 0 Å². The largest absolute Gasteiger partial charge is 0.454 e. The number of furan rings is 1. The number of nitrogens with zero attached hydrogens (tertiary/aromatic N) is 4. The quantitative estimate of drug-likeness (QED) is 0.205. The molecule has 0 aliphatic carbocycles. The highest BCUT2D eigenvalue weighted by Gasteiger charge is 2.18. The molecule has 0 atom stereocenters. The average Bonchev–Trinajstić information content (AvgIpc) is 3.46. The van der Waals surface area contributed by atoms with E-state index >= 15 is 0 Å². The summed E-state index contributed by atoms with van der Waals surface area (Å²) in [7, 11) is 0. The summed E-state index contributed by atoms with van der Waals surface area (Å²) in [5.74, 6) is 1.80. The fourth-order valence-corrected chi connectivity index (χ4v) is 6.06. The lowest BCUT2D eigenvalue weighted by Crippen LogP contribution is -2.00. The second-order valence-corrected chi connectivity index (χ2v) is 10.7. The summed E-state index contributed by atoms with van der Waals surface area (Å²) in [6, 6.07) is 43.7. The van der Waals surface area contributed by atoms with Crippen molar-refractivity contribution in [1.29, 1.82) is 0 Å². The molecule has 0 radical (unpaired) electrons. The zero-order valence-corrected chi connectivity index (χ0v) is 22.9. The summed E-state index contributed by atoms with van der Waals surface area (Å²) in [6.45, 7) is 0. The summed E-state index contributed by atoms with van der Waals surface area (Å²) in [5, 5.41) is 7.98. The Labute approximate surface area is 246 Å². The molecule has 0 N–H and O–H groups in total. The van der Waals surface area contributed by atoms with Crippen LogP contribution in [0.4, 0.5) is 0 Å². The maximum absolute atomic E-state index is 6.14. The van der Waals surface area contributed by atoms with Crippen molar-refractivity contribution in [2.24, 2.45) is 0 Å². The Morgan fingerprint density at radius 3 is 1.98 bits per heavy atom. The highest BCUT2D eigenvalue weighted by molar-refractivity contribution is 6.10. The van der Waals surface area contributed by atoms with Crippen molar-refractivity contribution in [2.45, 2.75) is 0 Å². The molecule has 43 heavy (non-hydrogen) atoms. The third kappa shape index (κ3) is 3.86. The van der Waals surface area contributed by atoms with E-state index < -0.39 is 0 Å². The van der Waals surface area contributed by atoms with Crippen molar-refractivity contribution in [1.82, 2.24) is 19.9 Å². The van der Waals surface area contributed by atoms with Crippen molar-refractivity contribution in [3.8, 4) is 34.2 Å². The Morgan fingerprint density at radius 1 is 0.442 bits per heavy atom. The van der Waals surface area contributed by atoms with Crippen LogP contribution in [0.1, 0.15) is 0 Å². The van der Waals surface area contributed by atoms with Crippen LogP contribution in [0.2, 0.25) is 0 Å². The molecule has 9 aromatic rings. The minimum absolute atomic E-state index is 0.575. The second kappa shape index (κ2) is 9.29. The van der Waals surface area contributed by atoms with Gasteiger partial charge in [-0.25, -0.2) is 15.0 Å². The number of pyridine rings is 1. The molecule has 0 amide bonds. The van der Waals surface area contributed by atoms with Gasteiger partial charge in [-0.2, -0.15) is 0 Å². The lowest BCUT2D eigenvalue weighted by molar-refractivity contribution is 0.668. The van der Waals surface area contributed by atoms with Crippen LogP contribution in [-0.4, -0.2) is 19.9 Å². The molecule has 0 aliphatic heterocycles. The van der Waals surface area contributed by atoms with E-state index in [-0.39, 0.29) is 0 Å². The first-order chi connectivity index (χ1) is 21.3. The van der Waals surface area contributed by atoms with Crippen LogP contribution in [-0.2, 0) is 0 Å². The van der Waals surface area contributed by atoms with Crippen molar-refractivity contribution in [2.75, 3.05) is 0 Å². The Balaban J connectivity index is 1.30. The Hall–Kier alpha value is -5.94. The van der Waals surface area contributed by atoms with Crippen LogP contribution in [0.15, 0.2) is 138 Å². The molecule has 3 aromatic heterocycles. The number of hydrogen-bond acceptors (Lipinski definition) is 5. The SMILES string of the molecule is c1ccc2cc(-c3nc(-c4ccc5c(ccc6ccccc65)c4)nc(-c4cccc5oc6cccnc6c45)n3)ccc2c1. The van der Waals surface area contributed by atoms with Crippen molar-refractivity contribution < 1.29 is 4.42 Å². The second-order valence-electron chi connectivity index (χ2n) is 10.7. The van der Waals surface area contributed by atoms with E-state index in [1.54, 1.807) is 6.20 Å². The first kappa shape index (κ1) is 23.7. The lowest BCUT2D eigenvalue weighted by atomic mass is 10.00. The molecule has 9 rings (SSSR count). The van der Waals surface area contributed by atoms with Crippen molar-refractivity contribution >= 4 is 54.4 Å². The molecule has 0 saturated heterocycles. The van der Waals surface area contributed by atoms with Gasteiger partial charge in [-0.05, 0) is 62.6 Å². The van der Waals surface area contributed by atoms with Crippen LogP contribution in [0.3, 0.4) is 0 Å². The van der Waals surface area contributed by atoms with E-state index in [9.17, 15) is 0 Å². The highest BCUT2D eigenvalue weighted by Crippen LogP contribution is 2.36. The normalized spacial score (nSPS) is 11.7. The van der Waals surface area contributed by atoms with Gasteiger partial charge in [-0.1, -0.05) is 97.1 Å². The van der Waals surface area contributed by atoms with E-state index in [2.05, 4.69) is 89.9 Å². The summed E-state index contributed by atoms with van der Waals surface area (Å²) >= 11 is 0. The predicted molar refractivity (Wildman–Crippen MR) is 174 cm³/mol. The van der Waals surface area contributed by atoms with Crippen LogP contribution in [0.5, 0.6) is 0 Å². The van der Waals surface area contributed by atoms with Gasteiger partial charge in [-0.15, -0.1) is 0 Å². The standard InChI is InChI=1S/C38H22N4O/c1-2-9-25-21-27(17-14-23(25)7-1)36-40-37(28-18-19-30-26(22-28)16-15-24-8-3-4-10-29(24)30)42-38(41-36)31-11-5-12-32-34(31)35-33(43-32)13-6-20-39-35/h1-22H. The minimum Gasteiger partial charge on any atom is -0.454 e. The lowest BCUT2D eigenvalue weighted by Gasteiger charge is -2.11. The van der Waals surface area contributed by atoms with Gasteiger partial charge in [0.25, 0.3) is 0 Å².